The minimum atomic E-state index is -0.596. The predicted octanol–water partition coefficient (Wildman–Crippen LogP) is 3.56. The van der Waals surface area contributed by atoms with E-state index < -0.39 is 5.63 Å². The van der Waals surface area contributed by atoms with Crippen LogP contribution in [0, 0.1) is 6.92 Å². The second-order valence-electron chi connectivity index (χ2n) is 5.12. The lowest BCUT2D eigenvalue weighted by atomic mass is 10.1. The molecule has 0 aliphatic carbocycles. The topological polar surface area (TPSA) is 72.6 Å². The molecule has 0 atom stereocenters. The fraction of sp³-hybridized carbons (Fsp3) is 0.111. The van der Waals surface area contributed by atoms with Gasteiger partial charge < -0.3 is 14.3 Å². The molecule has 3 aromatic rings. The molecule has 0 amide bonds. The highest BCUT2D eigenvalue weighted by molar-refractivity contribution is 5.78. The Morgan fingerprint density at radius 1 is 1.22 bits per heavy atom. The zero-order valence-electron chi connectivity index (χ0n) is 12.7. The highest BCUT2D eigenvalue weighted by atomic mass is 16.5. The second kappa shape index (κ2) is 5.96. The summed E-state index contributed by atoms with van der Waals surface area (Å²) >= 11 is 0. The highest BCUT2D eigenvalue weighted by Gasteiger charge is 2.08. The zero-order chi connectivity index (χ0) is 16.4. The second-order valence-corrected chi connectivity index (χ2v) is 5.12. The number of aryl methyl sites for hydroxylation is 1. The maximum atomic E-state index is 12.0. The van der Waals surface area contributed by atoms with Crippen LogP contribution < -0.4 is 10.4 Å². The van der Waals surface area contributed by atoms with E-state index in [-0.39, 0.29) is 11.5 Å². The van der Waals surface area contributed by atoms with Crippen molar-refractivity contribution in [2.75, 3.05) is 7.11 Å². The molecule has 0 spiro atoms. The number of methoxy groups -OCH3 is 1. The molecular weight excluding hydrogens is 294 g/mol. The number of aliphatic hydroxyl groups excluding tert-OH is 1. The van der Waals surface area contributed by atoms with Gasteiger partial charge in [0.05, 0.1) is 7.11 Å². The van der Waals surface area contributed by atoms with E-state index in [1.165, 1.54) is 6.08 Å². The lowest BCUT2D eigenvalue weighted by Crippen LogP contribution is -2.06. The SMILES string of the molecule is COc1ccc(/C(O)=C/c2nc3cc(C)ccc3oc2=O)cc1. The molecule has 0 saturated heterocycles. The van der Waals surface area contributed by atoms with Crippen molar-refractivity contribution < 1.29 is 14.3 Å². The Labute approximate surface area is 132 Å². The fourth-order valence-electron chi connectivity index (χ4n) is 2.19. The smallest absolute Gasteiger partial charge is 0.362 e. The molecular formula is C18H15NO4. The fourth-order valence-corrected chi connectivity index (χ4v) is 2.19. The van der Waals surface area contributed by atoms with Gasteiger partial charge in [0.25, 0.3) is 0 Å². The Morgan fingerprint density at radius 2 is 1.96 bits per heavy atom. The van der Waals surface area contributed by atoms with Crippen LogP contribution >= 0.6 is 0 Å². The Balaban J connectivity index is 2.04. The van der Waals surface area contributed by atoms with Crippen molar-refractivity contribution >= 4 is 22.9 Å². The van der Waals surface area contributed by atoms with E-state index in [0.29, 0.717) is 22.4 Å². The molecule has 0 fully saturated rings. The third-order valence-electron chi connectivity index (χ3n) is 3.43. The van der Waals surface area contributed by atoms with E-state index in [0.717, 1.165) is 5.56 Å². The number of fused-ring (bicyclic) bond motifs is 1. The van der Waals surface area contributed by atoms with Gasteiger partial charge in [-0.25, -0.2) is 9.78 Å². The number of rotatable bonds is 3. The van der Waals surface area contributed by atoms with Crippen molar-refractivity contribution in [3.05, 3.63) is 69.7 Å². The summed E-state index contributed by atoms with van der Waals surface area (Å²) in [5.74, 6) is 0.611. The van der Waals surface area contributed by atoms with Gasteiger partial charge in [0, 0.05) is 11.6 Å². The first-order chi connectivity index (χ1) is 11.1. The first-order valence-corrected chi connectivity index (χ1v) is 7.03. The number of ether oxygens (including phenoxy) is 1. The van der Waals surface area contributed by atoms with Crippen molar-refractivity contribution in [2.24, 2.45) is 0 Å². The van der Waals surface area contributed by atoms with Crippen molar-refractivity contribution in [2.45, 2.75) is 6.92 Å². The third-order valence-corrected chi connectivity index (χ3v) is 3.43. The van der Waals surface area contributed by atoms with Crippen LogP contribution in [0.25, 0.3) is 22.9 Å². The van der Waals surface area contributed by atoms with Crippen LogP contribution in [0.2, 0.25) is 0 Å². The number of nitrogens with zero attached hydrogens (tertiary/aromatic N) is 1. The van der Waals surface area contributed by atoms with Gasteiger partial charge >= 0.3 is 5.63 Å². The van der Waals surface area contributed by atoms with E-state index in [2.05, 4.69) is 4.98 Å². The zero-order valence-corrected chi connectivity index (χ0v) is 12.7. The summed E-state index contributed by atoms with van der Waals surface area (Å²) in [5, 5.41) is 10.2. The van der Waals surface area contributed by atoms with E-state index in [1.54, 1.807) is 37.4 Å². The molecule has 116 valence electrons. The van der Waals surface area contributed by atoms with Crippen LogP contribution in [-0.4, -0.2) is 17.2 Å². The molecule has 0 unspecified atom stereocenters. The Hall–Kier alpha value is -3.08. The molecule has 1 heterocycles. The molecule has 5 nitrogen and oxygen atoms in total. The van der Waals surface area contributed by atoms with Crippen LogP contribution in [0.3, 0.4) is 0 Å². The number of aromatic nitrogens is 1. The van der Waals surface area contributed by atoms with Crippen LogP contribution in [0.15, 0.2) is 51.7 Å². The van der Waals surface area contributed by atoms with Gasteiger partial charge in [0.15, 0.2) is 11.3 Å². The van der Waals surface area contributed by atoms with Gasteiger partial charge in [0.1, 0.15) is 17.0 Å². The van der Waals surface area contributed by atoms with Crippen LogP contribution in [0.5, 0.6) is 5.75 Å². The molecule has 0 saturated carbocycles. The molecule has 0 radical (unpaired) electrons. The highest BCUT2D eigenvalue weighted by Crippen LogP contribution is 2.19. The monoisotopic (exact) mass is 309 g/mol. The van der Waals surface area contributed by atoms with Gasteiger partial charge in [-0.2, -0.15) is 0 Å². The average molecular weight is 309 g/mol. The van der Waals surface area contributed by atoms with Crippen molar-refractivity contribution in [3.8, 4) is 5.75 Å². The Morgan fingerprint density at radius 3 is 2.65 bits per heavy atom. The minimum absolute atomic E-state index is 0.0522. The van der Waals surface area contributed by atoms with Gasteiger partial charge in [-0.1, -0.05) is 6.07 Å². The predicted molar refractivity (Wildman–Crippen MR) is 88.5 cm³/mol. The van der Waals surface area contributed by atoms with Crippen LogP contribution in [-0.2, 0) is 0 Å². The quantitative estimate of drug-likeness (QED) is 0.749. The summed E-state index contributed by atoms with van der Waals surface area (Å²) < 4.78 is 10.3. The van der Waals surface area contributed by atoms with Crippen LogP contribution in [0.4, 0.5) is 0 Å². The standard InChI is InChI=1S/C18H15NO4/c1-11-3-8-17-14(9-11)19-15(18(21)23-17)10-16(20)12-4-6-13(22-2)7-5-12/h3-10,20H,1-2H3/b16-10-. The lowest BCUT2D eigenvalue weighted by Gasteiger charge is -2.03. The first-order valence-electron chi connectivity index (χ1n) is 7.03. The average Bonchev–Trinajstić information content (AvgIpc) is 2.56. The van der Waals surface area contributed by atoms with Crippen molar-refractivity contribution in [1.82, 2.24) is 4.98 Å². The van der Waals surface area contributed by atoms with E-state index >= 15 is 0 Å². The molecule has 0 aliphatic heterocycles. The molecule has 1 N–H and O–H groups in total. The van der Waals surface area contributed by atoms with E-state index in [4.69, 9.17) is 9.15 Å². The maximum absolute atomic E-state index is 12.0. The Bertz CT molecular complexity index is 939. The van der Waals surface area contributed by atoms with E-state index in [9.17, 15) is 9.90 Å². The lowest BCUT2D eigenvalue weighted by molar-refractivity contribution is 0.414. The molecule has 2 aromatic carbocycles. The van der Waals surface area contributed by atoms with Gasteiger partial charge in [-0.3, -0.25) is 0 Å². The van der Waals surface area contributed by atoms with Crippen LogP contribution in [0.1, 0.15) is 16.8 Å². The van der Waals surface area contributed by atoms with Gasteiger partial charge in [-0.15, -0.1) is 0 Å². The minimum Gasteiger partial charge on any atom is -0.507 e. The summed E-state index contributed by atoms with van der Waals surface area (Å²) in [7, 11) is 1.57. The largest absolute Gasteiger partial charge is 0.507 e. The normalized spacial score (nSPS) is 11.7. The third kappa shape index (κ3) is 3.08. The number of aliphatic hydroxyl groups is 1. The number of benzene rings is 2. The molecule has 1 aromatic heterocycles. The molecule has 0 aliphatic rings. The van der Waals surface area contributed by atoms with E-state index in [1.807, 2.05) is 19.1 Å². The summed E-state index contributed by atoms with van der Waals surface area (Å²) in [6, 6.07) is 12.2. The summed E-state index contributed by atoms with van der Waals surface area (Å²) in [4.78, 5) is 16.2. The first kappa shape index (κ1) is 14.8. The number of hydrogen-bond acceptors (Lipinski definition) is 5. The molecule has 3 rings (SSSR count). The Kier molecular flexibility index (Phi) is 3.85. The van der Waals surface area contributed by atoms with Gasteiger partial charge in [0.2, 0.25) is 0 Å². The van der Waals surface area contributed by atoms with Crippen molar-refractivity contribution in [1.29, 1.82) is 0 Å². The summed E-state index contributed by atoms with van der Waals surface area (Å²) in [5.41, 5.74) is 2.00. The summed E-state index contributed by atoms with van der Waals surface area (Å²) in [6.07, 6.45) is 1.30. The van der Waals surface area contributed by atoms with Gasteiger partial charge in [-0.05, 0) is 48.9 Å². The molecule has 23 heavy (non-hydrogen) atoms. The number of hydrogen-bond donors (Lipinski definition) is 1. The molecule has 5 heteroatoms. The van der Waals surface area contributed by atoms with Crippen molar-refractivity contribution in [3.63, 3.8) is 0 Å². The maximum Gasteiger partial charge on any atom is 0.362 e. The summed E-state index contributed by atoms with van der Waals surface area (Å²) in [6.45, 7) is 1.93. The molecule has 0 bridgehead atoms.